The van der Waals surface area contributed by atoms with Gasteiger partial charge in [0.15, 0.2) is 6.61 Å². The summed E-state index contributed by atoms with van der Waals surface area (Å²) in [5.41, 5.74) is 0.634. The third-order valence-electron chi connectivity index (χ3n) is 2.74. The molecule has 1 N–H and O–H groups in total. The first-order valence-electron chi connectivity index (χ1n) is 6.41. The molecule has 0 aliphatic heterocycles. The SMILES string of the molecule is COC(=O)COc1ccc(Cl)cc1C(=O)Nc1ccc(Cl)nc1. The van der Waals surface area contributed by atoms with Crippen LogP contribution in [0.3, 0.4) is 0 Å². The lowest BCUT2D eigenvalue weighted by Crippen LogP contribution is -2.17. The molecular weight excluding hydrogens is 343 g/mol. The minimum atomic E-state index is -0.562. The number of carbonyl (C=O) groups excluding carboxylic acids is 2. The number of halogens is 2. The largest absolute Gasteiger partial charge is 0.481 e. The Morgan fingerprint density at radius 2 is 2.00 bits per heavy atom. The van der Waals surface area contributed by atoms with Crippen LogP contribution in [0, 0.1) is 0 Å². The van der Waals surface area contributed by atoms with Gasteiger partial charge in [-0.1, -0.05) is 23.2 Å². The molecule has 0 radical (unpaired) electrons. The fourth-order valence-corrected chi connectivity index (χ4v) is 1.93. The summed E-state index contributed by atoms with van der Waals surface area (Å²) in [6.45, 7) is -0.319. The van der Waals surface area contributed by atoms with Gasteiger partial charge in [-0.15, -0.1) is 0 Å². The zero-order valence-electron chi connectivity index (χ0n) is 12.0. The number of nitrogens with one attached hydrogen (secondary N) is 1. The second-order valence-electron chi connectivity index (χ2n) is 4.33. The molecule has 6 nitrogen and oxygen atoms in total. The van der Waals surface area contributed by atoms with E-state index in [1.807, 2.05) is 0 Å². The van der Waals surface area contributed by atoms with Crippen LogP contribution < -0.4 is 10.1 Å². The number of ether oxygens (including phenoxy) is 2. The van der Waals surface area contributed by atoms with Crippen molar-refractivity contribution in [2.45, 2.75) is 0 Å². The summed E-state index contributed by atoms with van der Waals surface area (Å²) in [7, 11) is 1.24. The first-order chi connectivity index (χ1) is 11.0. The predicted octanol–water partition coefficient (Wildman–Crippen LogP) is 3.19. The minimum absolute atomic E-state index is 0.177. The number of amides is 1. The number of rotatable bonds is 5. The Labute approximate surface area is 142 Å². The molecule has 8 heteroatoms. The number of hydrogen-bond acceptors (Lipinski definition) is 5. The summed E-state index contributed by atoms with van der Waals surface area (Å²) < 4.78 is 9.78. The molecule has 0 atom stereocenters. The molecule has 2 aromatic rings. The standard InChI is InChI=1S/C15H12Cl2N2O4/c1-22-14(20)8-23-12-4-2-9(16)6-11(12)15(21)19-10-3-5-13(17)18-7-10/h2-7H,8H2,1H3,(H,19,21). The molecule has 0 aliphatic carbocycles. The van der Waals surface area contributed by atoms with E-state index in [1.165, 1.54) is 25.4 Å². The van der Waals surface area contributed by atoms with Crippen molar-refractivity contribution in [3.63, 3.8) is 0 Å². The van der Waals surface area contributed by atoms with Crippen molar-refractivity contribution < 1.29 is 19.1 Å². The van der Waals surface area contributed by atoms with E-state index in [9.17, 15) is 9.59 Å². The lowest BCUT2D eigenvalue weighted by molar-refractivity contribution is -0.142. The van der Waals surface area contributed by atoms with Gasteiger partial charge in [-0.25, -0.2) is 9.78 Å². The summed E-state index contributed by atoms with van der Waals surface area (Å²) in [5.74, 6) is -0.816. The minimum Gasteiger partial charge on any atom is -0.481 e. The Morgan fingerprint density at radius 1 is 1.22 bits per heavy atom. The van der Waals surface area contributed by atoms with Crippen molar-refractivity contribution in [2.24, 2.45) is 0 Å². The first-order valence-corrected chi connectivity index (χ1v) is 7.17. The maximum absolute atomic E-state index is 12.4. The third-order valence-corrected chi connectivity index (χ3v) is 3.20. The molecule has 0 fully saturated rings. The van der Waals surface area contributed by atoms with Gasteiger partial charge in [0.05, 0.1) is 24.6 Å². The van der Waals surface area contributed by atoms with Gasteiger partial charge in [0, 0.05) is 5.02 Å². The average molecular weight is 355 g/mol. The van der Waals surface area contributed by atoms with Crippen molar-refractivity contribution in [3.8, 4) is 5.75 Å². The Kier molecular flexibility index (Phi) is 5.78. The van der Waals surface area contributed by atoms with Gasteiger partial charge >= 0.3 is 5.97 Å². The van der Waals surface area contributed by atoms with E-state index in [1.54, 1.807) is 18.2 Å². The summed E-state index contributed by atoms with van der Waals surface area (Å²) in [6, 6.07) is 7.64. The smallest absolute Gasteiger partial charge is 0.343 e. The molecule has 1 heterocycles. The van der Waals surface area contributed by atoms with E-state index >= 15 is 0 Å². The summed E-state index contributed by atoms with van der Waals surface area (Å²) >= 11 is 11.6. The number of hydrogen-bond donors (Lipinski definition) is 1. The van der Waals surface area contributed by atoms with Crippen molar-refractivity contribution in [3.05, 3.63) is 52.3 Å². The van der Waals surface area contributed by atoms with Crippen molar-refractivity contribution in [1.82, 2.24) is 4.98 Å². The van der Waals surface area contributed by atoms with Crippen LogP contribution in [-0.2, 0) is 9.53 Å². The number of anilines is 1. The number of esters is 1. The van der Waals surface area contributed by atoms with E-state index in [0.29, 0.717) is 15.9 Å². The Morgan fingerprint density at radius 3 is 2.65 bits per heavy atom. The molecule has 23 heavy (non-hydrogen) atoms. The topological polar surface area (TPSA) is 77.5 Å². The fraction of sp³-hybridized carbons (Fsp3) is 0.133. The van der Waals surface area contributed by atoms with Crippen LogP contribution in [0.5, 0.6) is 5.75 Å². The predicted molar refractivity (Wildman–Crippen MR) is 86.2 cm³/mol. The number of benzene rings is 1. The average Bonchev–Trinajstić information content (AvgIpc) is 2.55. The maximum Gasteiger partial charge on any atom is 0.343 e. The highest BCUT2D eigenvalue weighted by atomic mass is 35.5. The molecule has 2 rings (SSSR count). The zero-order valence-corrected chi connectivity index (χ0v) is 13.5. The highest BCUT2D eigenvalue weighted by Gasteiger charge is 2.15. The second-order valence-corrected chi connectivity index (χ2v) is 5.15. The van der Waals surface area contributed by atoms with E-state index in [0.717, 1.165) is 0 Å². The van der Waals surface area contributed by atoms with Gasteiger partial charge in [-0.2, -0.15) is 0 Å². The number of pyridine rings is 1. The van der Waals surface area contributed by atoms with Gasteiger partial charge in [-0.05, 0) is 30.3 Å². The third kappa shape index (κ3) is 4.84. The van der Waals surface area contributed by atoms with Crippen molar-refractivity contribution >= 4 is 40.8 Å². The highest BCUT2D eigenvalue weighted by molar-refractivity contribution is 6.31. The monoisotopic (exact) mass is 354 g/mol. The van der Waals surface area contributed by atoms with Crippen LogP contribution in [0.15, 0.2) is 36.5 Å². The number of nitrogens with zero attached hydrogens (tertiary/aromatic N) is 1. The van der Waals surface area contributed by atoms with Crippen LogP contribution in [0.4, 0.5) is 5.69 Å². The second kappa shape index (κ2) is 7.80. The number of methoxy groups -OCH3 is 1. The van der Waals surface area contributed by atoms with Gasteiger partial charge in [-0.3, -0.25) is 4.79 Å². The Balaban J connectivity index is 2.19. The van der Waals surface area contributed by atoms with Crippen molar-refractivity contribution in [1.29, 1.82) is 0 Å². The zero-order chi connectivity index (χ0) is 16.8. The van der Waals surface area contributed by atoms with Gasteiger partial charge < -0.3 is 14.8 Å². The summed E-state index contributed by atoms with van der Waals surface area (Å²) in [4.78, 5) is 27.4. The van der Waals surface area contributed by atoms with E-state index in [2.05, 4.69) is 15.0 Å². The Bertz CT molecular complexity index is 720. The van der Waals surface area contributed by atoms with Gasteiger partial charge in [0.2, 0.25) is 0 Å². The Hall–Kier alpha value is -2.31. The van der Waals surface area contributed by atoms with Gasteiger partial charge in [0.25, 0.3) is 5.91 Å². The van der Waals surface area contributed by atoms with Crippen molar-refractivity contribution in [2.75, 3.05) is 19.0 Å². The molecule has 0 saturated heterocycles. The molecule has 0 unspecified atom stereocenters. The molecule has 1 aromatic carbocycles. The lowest BCUT2D eigenvalue weighted by atomic mass is 10.2. The number of carbonyl (C=O) groups is 2. The van der Waals surface area contributed by atoms with E-state index in [4.69, 9.17) is 27.9 Å². The van der Waals surface area contributed by atoms with E-state index < -0.39 is 11.9 Å². The first kappa shape index (κ1) is 17.1. The van der Waals surface area contributed by atoms with Crippen LogP contribution in [0.25, 0.3) is 0 Å². The normalized spacial score (nSPS) is 10.0. The van der Waals surface area contributed by atoms with Crippen LogP contribution in [0.1, 0.15) is 10.4 Å². The highest BCUT2D eigenvalue weighted by Crippen LogP contribution is 2.24. The molecule has 1 amide bonds. The molecular formula is C15H12Cl2N2O4. The summed E-state index contributed by atoms with van der Waals surface area (Å²) in [6.07, 6.45) is 1.42. The van der Waals surface area contributed by atoms with Gasteiger partial charge in [0.1, 0.15) is 10.9 Å². The fourth-order valence-electron chi connectivity index (χ4n) is 1.65. The summed E-state index contributed by atoms with van der Waals surface area (Å²) in [5, 5.41) is 3.31. The van der Waals surface area contributed by atoms with Crippen LogP contribution >= 0.6 is 23.2 Å². The van der Waals surface area contributed by atoms with Crippen LogP contribution in [0.2, 0.25) is 10.2 Å². The van der Waals surface area contributed by atoms with E-state index in [-0.39, 0.29) is 17.9 Å². The molecule has 0 aliphatic rings. The quantitative estimate of drug-likeness (QED) is 0.658. The molecule has 0 saturated carbocycles. The maximum atomic E-state index is 12.4. The molecule has 120 valence electrons. The molecule has 0 spiro atoms. The molecule has 0 bridgehead atoms. The molecule has 1 aromatic heterocycles. The van der Waals surface area contributed by atoms with Crippen LogP contribution in [-0.4, -0.2) is 30.6 Å². The number of aromatic nitrogens is 1. The lowest BCUT2D eigenvalue weighted by Gasteiger charge is -2.11.